The van der Waals surface area contributed by atoms with Crippen LogP contribution in [0.4, 0.5) is 0 Å². The zero-order valence-corrected chi connectivity index (χ0v) is 9.06. The Morgan fingerprint density at radius 2 is 2.07 bits per heavy atom. The van der Waals surface area contributed by atoms with Crippen molar-refractivity contribution in [2.75, 3.05) is 0 Å². The van der Waals surface area contributed by atoms with Crippen molar-refractivity contribution in [3.63, 3.8) is 0 Å². The predicted octanol–water partition coefficient (Wildman–Crippen LogP) is 1.50. The lowest BCUT2D eigenvalue weighted by atomic mass is 9.73. The molecule has 1 aliphatic rings. The maximum Gasteiger partial charge on any atom is 0.417 e. The Kier molecular flexibility index (Phi) is 3.93. The SMILES string of the molecule is CC(C)C1CCC(C)C(O)C1O[C]=O. The Morgan fingerprint density at radius 1 is 1.43 bits per heavy atom. The van der Waals surface area contributed by atoms with E-state index < -0.39 is 6.10 Å². The number of hydrogen-bond acceptors (Lipinski definition) is 3. The molecule has 0 aromatic carbocycles. The summed E-state index contributed by atoms with van der Waals surface area (Å²) in [6, 6.07) is 0. The van der Waals surface area contributed by atoms with Gasteiger partial charge in [-0.25, -0.2) is 4.79 Å². The largest absolute Gasteiger partial charge is 0.451 e. The van der Waals surface area contributed by atoms with E-state index in [9.17, 15) is 9.90 Å². The highest BCUT2D eigenvalue weighted by atomic mass is 16.5. The number of aliphatic hydroxyl groups excluding tert-OH is 1. The Bertz CT molecular complexity index is 191. The summed E-state index contributed by atoms with van der Waals surface area (Å²) in [5.74, 6) is 0.904. The molecule has 4 unspecified atom stereocenters. The van der Waals surface area contributed by atoms with Gasteiger partial charge in [-0.1, -0.05) is 20.8 Å². The van der Waals surface area contributed by atoms with Crippen LogP contribution in [0, 0.1) is 17.8 Å². The average Bonchev–Trinajstić information content (AvgIpc) is 2.13. The first-order chi connectivity index (χ1) is 6.57. The molecule has 1 radical (unpaired) electrons. The van der Waals surface area contributed by atoms with E-state index in [1.54, 1.807) is 0 Å². The van der Waals surface area contributed by atoms with Crippen LogP contribution in [-0.2, 0) is 9.53 Å². The summed E-state index contributed by atoms with van der Waals surface area (Å²) in [4.78, 5) is 10.2. The van der Waals surface area contributed by atoms with Gasteiger partial charge in [0.2, 0.25) is 0 Å². The van der Waals surface area contributed by atoms with Crippen molar-refractivity contribution in [1.29, 1.82) is 0 Å². The third-order valence-corrected chi connectivity index (χ3v) is 3.34. The molecule has 14 heavy (non-hydrogen) atoms. The van der Waals surface area contributed by atoms with E-state index in [-0.39, 0.29) is 17.9 Å². The van der Waals surface area contributed by atoms with Gasteiger partial charge in [0.25, 0.3) is 0 Å². The fourth-order valence-corrected chi connectivity index (χ4v) is 2.29. The molecule has 0 heterocycles. The lowest BCUT2D eigenvalue weighted by Gasteiger charge is -2.39. The average molecular weight is 199 g/mol. The maximum absolute atomic E-state index is 10.2. The van der Waals surface area contributed by atoms with Gasteiger partial charge in [-0.05, 0) is 24.7 Å². The van der Waals surface area contributed by atoms with Gasteiger partial charge in [-0.3, -0.25) is 0 Å². The van der Waals surface area contributed by atoms with E-state index in [1.165, 1.54) is 6.47 Å². The van der Waals surface area contributed by atoms with E-state index in [1.807, 2.05) is 6.92 Å². The number of aliphatic hydroxyl groups is 1. The van der Waals surface area contributed by atoms with E-state index in [0.717, 1.165) is 12.8 Å². The minimum absolute atomic E-state index is 0.211. The van der Waals surface area contributed by atoms with Crippen molar-refractivity contribution in [1.82, 2.24) is 0 Å². The maximum atomic E-state index is 10.2. The Morgan fingerprint density at radius 3 is 2.57 bits per heavy atom. The fourth-order valence-electron chi connectivity index (χ4n) is 2.29. The van der Waals surface area contributed by atoms with Crippen LogP contribution in [0.25, 0.3) is 0 Å². The van der Waals surface area contributed by atoms with Crippen LogP contribution < -0.4 is 0 Å². The Hall–Kier alpha value is -0.570. The zero-order chi connectivity index (χ0) is 10.7. The lowest BCUT2D eigenvalue weighted by molar-refractivity contribution is -0.0762. The zero-order valence-electron chi connectivity index (χ0n) is 9.06. The highest BCUT2D eigenvalue weighted by molar-refractivity contribution is 5.39. The second-order valence-corrected chi connectivity index (χ2v) is 4.62. The number of hydrogen-bond donors (Lipinski definition) is 1. The molecule has 1 aliphatic carbocycles. The number of ether oxygens (including phenoxy) is 1. The van der Waals surface area contributed by atoms with Crippen LogP contribution in [-0.4, -0.2) is 23.8 Å². The molecule has 0 bridgehead atoms. The van der Waals surface area contributed by atoms with Crippen LogP contribution in [0.2, 0.25) is 0 Å². The molecule has 1 saturated carbocycles. The molecule has 0 saturated heterocycles. The first-order valence-electron chi connectivity index (χ1n) is 5.28. The molecular formula is C11H19O3. The minimum atomic E-state index is -0.530. The summed E-state index contributed by atoms with van der Waals surface area (Å²) in [7, 11) is 0. The van der Waals surface area contributed by atoms with Gasteiger partial charge < -0.3 is 9.84 Å². The molecule has 4 atom stereocenters. The lowest BCUT2D eigenvalue weighted by Crippen LogP contribution is -2.45. The highest BCUT2D eigenvalue weighted by Crippen LogP contribution is 2.35. The third-order valence-electron chi connectivity index (χ3n) is 3.34. The van der Waals surface area contributed by atoms with Gasteiger partial charge in [-0.15, -0.1) is 0 Å². The quantitative estimate of drug-likeness (QED) is 0.749. The summed E-state index contributed by atoms with van der Waals surface area (Å²) in [6.07, 6.45) is 1.12. The molecular weight excluding hydrogens is 180 g/mol. The first-order valence-corrected chi connectivity index (χ1v) is 5.28. The molecule has 1 rings (SSSR count). The van der Waals surface area contributed by atoms with Crippen LogP contribution in [0.15, 0.2) is 0 Å². The van der Waals surface area contributed by atoms with Crippen molar-refractivity contribution < 1.29 is 14.6 Å². The predicted molar refractivity (Wildman–Crippen MR) is 53.3 cm³/mol. The summed E-state index contributed by atoms with van der Waals surface area (Å²) in [5.41, 5.74) is 0. The standard InChI is InChI=1S/C11H19O3/c1-7(2)9-5-4-8(3)10(13)11(9)14-6-12/h7-11,13H,4-5H2,1-3H3. The molecule has 0 aliphatic heterocycles. The van der Waals surface area contributed by atoms with Crippen molar-refractivity contribution in [3.05, 3.63) is 0 Å². The van der Waals surface area contributed by atoms with Gasteiger partial charge >= 0.3 is 6.47 Å². The summed E-state index contributed by atoms with van der Waals surface area (Å²) < 4.78 is 4.88. The summed E-state index contributed by atoms with van der Waals surface area (Å²) in [6.45, 7) is 7.64. The Balaban J connectivity index is 2.70. The molecule has 3 nitrogen and oxygen atoms in total. The molecule has 0 amide bonds. The van der Waals surface area contributed by atoms with Gasteiger partial charge in [0.05, 0.1) is 6.10 Å². The molecule has 3 heteroatoms. The second kappa shape index (κ2) is 4.78. The van der Waals surface area contributed by atoms with E-state index >= 15 is 0 Å². The molecule has 0 spiro atoms. The molecule has 0 aromatic heterocycles. The van der Waals surface area contributed by atoms with E-state index in [4.69, 9.17) is 4.74 Å². The minimum Gasteiger partial charge on any atom is -0.451 e. The van der Waals surface area contributed by atoms with Crippen LogP contribution in [0.1, 0.15) is 33.6 Å². The van der Waals surface area contributed by atoms with E-state index in [0.29, 0.717) is 5.92 Å². The first kappa shape index (κ1) is 11.5. The molecule has 0 aromatic rings. The van der Waals surface area contributed by atoms with E-state index in [2.05, 4.69) is 13.8 Å². The molecule has 1 N–H and O–H groups in total. The Labute approximate surface area is 85.5 Å². The second-order valence-electron chi connectivity index (χ2n) is 4.62. The number of carbonyl (C=O) groups excluding carboxylic acids is 1. The van der Waals surface area contributed by atoms with Gasteiger partial charge in [0, 0.05) is 5.92 Å². The van der Waals surface area contributed by atoms with Crippen molar-refractivity contribution in [2.45, 2.75) is 45.8 Å². The topological polar surface area (TPSA) is 46.5 Å². The van der Waals surface area contributed by atoms with Gasteiger partial charge in [-0.2, -0.15) is 0 Å². The fraction of sp³-hybridized carbons (Fsp3) is 0.909. The molecule has 1 fully saturated rings. The third kappa shape index (κ3) is 2.27. The van der Waals surface area contributed by atoms with Gasteiger partial charge in [0.1, 0.15) is 6.10 Å². The van der Waals surface area contributed by atoms with Crippen LogP contribution >= 0.6 is 0 Å². The van der Waals surface area contributed by atoms with Crippen molar-refractivity contribution >= 4 is 6.47 Å². The van der Waals surface area contributed by atoms with Crippen molar-refractivity contribution in [2.24, 2.45) is 17.8 Å². The smallest absolute Gasteiger partial charge is 0.417 e. The monoisotopic (exact) mass is 199 g/mol. The van der Waals surface area contributed by atoms with Crippen LogP contribution in [0.3, 0.4) is 0 Å². The normalized spacial score (nSPS) is 38.4. The van der Waals surface area contributed by atoms with Gasteiger partial charge in [0.15, 0.2) is 0 Å². The summed E-state index contributed by atoms with van der Waals surface area (Å²) in [5, 5.41) is 9.88. The van der Waals surface area contributed by atoms with Crippen LogP contribution in [0.5, 0.6) is 0 Å². The highest BCUT2D eigenvalue weighted by Gasteiger charge is 2.39. The summed E-state index contributed by atoms with van der Waals surface area (Å²) >= 11 is 0. The van der Waals surface area contributed by atoms with Crippen molar-refractivity contribution in [3.8, 4) is 0 Å². The number of rotatable bonds is 3. The molecule has 81 valence electrons.